The monoisotopic (exact) mass is 386 g/mol. The van der Waals surface area contributed by atoms with Gasteiger partial charge in [-0.1, -0.05) is 23.2 Å². The van der Waals surface area contributed by atoms with Crippen molar-refractivity contribution in [1.82, 2.24) is 9.88 Å². The number of carbonyl (C=O) groups is 2. The second-order valence-corrected chi connectivity index (χ2v) is 6.85. The first-order valence-electron chi connectivity index (χ1n) is 6.99. The van der Waals surface area contributed by atoms with Gasteiger partial charge in [0.25, 0.3) is 0 Å². The number of likely N-dealkylation sites (N-methyl/N-ethyl adjacent to an activating group) is 1. The largest absolute Gasteiger partial charge is 0.325 e. The SMILES string of the molecule is CC(=O)Nc1nc(CN(C)CC(=O)Nc2ccc(Cl)c(Cl)c2)cs1. The Hall–Kier alpha value is -1.67. The van der Waals surface area contributed by atoms with Gasteiger partial charge in [0, 0.05) is 24.5 Å². The van der Waals surface area contributed by atoms with E-state index in [1.807, 2.05) is 17.3 Å². The van der Waals surface area contributed by atoms with Crippen molar-refractivity contribution in [2.45, 2.75) is 13.5 Å². The summed E-state index contributed by atoms with van der Waals surface area (Å²) >= 11 is 13.1. The molecule has 2 amide bonds. The van der Waals surface area contributed by atoms with Crippen molar-refractivity contribution in [3.05, 3.63) is 39.3 Å². The van der Waals surface area contributed by atoms with Crippen LogP contribution in [0.25, 0.3) is 0 Å². The number of thiazole rings is 1. The van der Waals surface area contributed by atoms with Crippen molar-refractivity contribution < 1.29 is 9.59 Å². The Kier molecular flexibility index (Phi) is 6.56. The van der Waals surface area contributed by atoms with Crippen LogP contribution in [0.2, 0.25) is 10.0 Å². The third kappa shape index (κ3) is 5.76. The lowest BCUT2D eigenvalue weighted by molar-refractivity contribution is -0.117. The highest BCUT2D eigenvalue weighted by Gasteiger charge is 2.11. The lowest BCUT2D eigenvalue weighted by atomic mass is 10.3. The molecule has 1 aromatic heterocycles. The van der Waals surface area contributed by atoms with Crippen LogP contribution < -0.4 is 10.6 Å². The van der Waals surface area contributed by atoms with E-state index in [1.165, 1.54) is 18.3 Å². The second-order valence-electron chi connectivity index (χ2n) is 5.17. The van der Waals surface area contributed by atoms with E-state index in [1.54, 1.807) is 18.2 Å². The molecule has 0 aliphatic heterocycles. The van der Waals surface area contributed by atoms with Crippen LogP contribution in [0.4, 0.5) is 10.8 Å². The van der Waals surface area contributed by atoms with E-state index < -0.39 is 0 Å². The first-order chi connectivity index (χ1) is 11.3. The third-order valence-electron chi connectivity index (χ3n) is 2.88. The van der Waals surface area contributed by atoms with E-state index in [4.69, 9.17) is 23.2 Å². The first-order valence-corrected chi connectivity index (χ1v) is 8.62. The van der Waals surface area contributed by atoms with E-state index in [-0.39, 0.29) is 18.4 Å². The maximum Gasteiger partial charge on any atom is 0.238 e. The van der Waals surface area contributed by atoms with Gasteiger partial charge in [0.05, 0.1) is 22.3 Å². The molecule has 0 spiro atoms. The summed E-state index contributed by atoms with van der Waals surface area (Å²) in [7, 11) is 1.81. The highest BCUT2D eigenvalue weighted by atomic mass is 35.5. The van der Waals surface area contributed by atoms with Gasteiger partial charge < -0.3 is 10.6 Å². The summed E-state index contributed by atoms with van der Waals surface area (Å²) in [5.41, 5.74) is 1.37. The van der Waals surface area contributed by atoms with E-state index in [9.17, 15) is 9.59 Å². The molecule has 128 valence electrons. The molecule has 2 aromatic rings. The molecule has 0 unspecified atom stereocenters. The number of anilines is 2. The summed E-state index contributed by atoms with van der Waals surface area (Å²) in [6.45, 7) is 2.11. The number of hydrogen-bond donors (Lipinski definition) is 2. The van der Waals surface area contributed by atoms with Gasteiger partial charge >= 0.3 is 0 Å². The van der Waals surface area contributed by atoms with Crippen LogP contribution in [-0.2, 0) is 16.1 Å². The molecule has 0 fully saturated rings. The molecule has 0 atom stereocenters. The molecule has 1 heterocycles. The summed E-state index contributed by atoms with van der Waals surface area (Å²) < 4.78 is 0. The normalized spacial score (nSPS) is 10.7. The number of benzene rings is 1. The summed E-state index contributed by atoms with van der Waals surface area (Å²) in [6.07, 6.45) is 0. The molecule has 0 aliphatic rings. The standard InChI is InChI=1S/C15H16Cl2N4O2S/c1-9(22)18-15-20-11(8-24-15)6-21(2)7-14(23)19-10-3-4-12(16)13(17)5-10/h3-5,8H,6-7H2,1-2H3,(H,19,23)(H,18,20,22). The molecule has 0 bridgehead atoms. The third-order valence-corrected chi connectivity index (χ3v) is 4.43. The Morgan fingerprint density at radius 3 is 2.67 bits per heavy atom. The molecule has 0 aliphatic carbocycles. The Labute approximate surface area is 153 Å². The zero-order chi connectivity index (χ0) is 17.7. The van der Waals surface area contributed by atoms with E-state index in [0.717, 1.165) is 5.69 Å². The minimum atomic E-state index is -0.173. The topological polar surface area (TPSA) is 74.3 Å². The number of hydrogen-bond acceptors (Lipinski definition) is 5. The molecule has 2 N–H and O–H groups in total. The predicted octanol–water partition coefficient (Wildman–Crippen LogP) is 3.48. The predicted molar refractivity (Wildman–Crippen MR) is 97.8 cm³/mol. The van der Waals surface area contributed by atoms with Crippen LogP contribution >= 0.6 is 34.5 Å². The lowest BCUT2D eigenvalue weighted by Crippen LogP contribution is -2.29. The molecule has 0 saturated carbocycles. The highest BCUT2D eigenvalue weighted by Crippen LogP contribution is 2.25. The quantitative estimate of drug-likeness (QED) is 0.796. The average molecular weight is 387 g/mol. The van der Waals surface area contributed by atoms with Crippen LogP contribution in [-0.4, -0.2) is 35.3 Å². The smallest absolute Gasteiger partial charge is 0.238 e. The second kappa shape index (κ2) is 8.43. The van der Waals surface area contributed by atoms with Gasteiger partial charge in [0.15, 0.2) is 5.13 Å². The average Bonchev–Trinajstić information content (AvgIpc) is 2.88. The number of halogens is 2. The Morgan fingerprint density at radius 2 is 2.00 bits per heavy atom. The van der Waals surface area contributed by atoms with Crippen molar-refractivity contribution in [2.24, 2.45) is 0 Å². The van der Waals surface area contributed by atoms with E-state index in [0.29, 0.717) is 27.4 Å². The van der Waals surface area contributed by atoms with Crippen molar-refractivity contribution >= 4 is 57.2 Å². The number of nitrogens with zero attached hydrogens (tertiary/aromatic N) is 2. The van der Waals surface area contributed by atoms with Crippen molar-refractivity contribution in [3.63, 3.8) is 0 Å². The molecule has 1 aromatic carbocycles. The fourth-order valence-electron chi connectivity index (χ4n) is 1.94. The number of carbonyl (C=O) groups excluding carboxylic acids is 2. The minimum absolute atomic E-state index is 0.162. The Bertz CT molecular complexity index is 751. The van der Waals surface area contributed by atoms with Gasteiger partial charge in [0.1, 0.15) is 0 Å². The van der Waals surface area contributed by atoms with E-state index >= 15 is 0 Å². The zero-order valence-corrected chi connectivity index (χ0v) is 15.4. The minimum Gasteiger partial charge on any atom is -0.325 e. The Morgan fingerprint density at radius 1 is 1.25 bits per heavy atom. The van der Waals surface area contributed by atoms with Crippen LogP contribution in [0.3, 0.4) is 0 Å². The molecule has 0 radical (unpaired) electrons. The van der Waals surface area contributed by atoms with Crippen LogP contribution in [0.1, 0.15) is 12.6 Å². The summed E-state index contributed by atoms with van der Waals surface area (Å²) in [4.78, 5) is 29.1. The Balaban J connectivity index is 1.85. The molecule has 0 saturated heterocycles. The van der Waals surface area contributed by atoms with Gasteiger partial charge in [-0.3, -0.25) is 14.5 Å². The molecule has 9 heteroatoms. The van der Waals surface area contributed by atoms with Gasteiger partial charge in [-0.15, -0.1) is 11.3 Å². The van der Waals surface area contributed by atoms with Gasteiger partial charge in [-0.05, 0) is 25.2 Å². The van der Waals surface area contributed by atoms with Crippen LogP contribution in [0, 0.1) is 0 Å². The van der Waals surface area contributed by atoms with Crippen LogP contribution in [0.5, 0.6) is 0 Å². The first kappa shape index (κ1) is 18.7. The van der Waals surface area contributed by atoms with Crippen molar-refractivity contribution in [2.75, 3.05) is 24.2 Å². The number of amides is 2. The lowest BCUT2D eigenvalue weighted by Gasteiger charge is -2.15. The van der Waals surface area contributed by atoms with Crippen molar-refractivity contribution in [1.29, 1.82) is 0 Å². The molecule has 24 heavy (non-hydrogen) atoms. The van der Waals surface area contributed by atoms with Crippen molar-refractivity contribution in [3.8, 4) is 0 Å². The molecular weight excluding hydrogens is 371 g/mol. The zero-order valence-electron chi connectivity index (χ0n) is 13.1. The maximum absolute atomic E-state index is 12.1. The molecule has 2 rings (SSSR count). The maximum atomic E-state index is 12.1. The summed E-state index contributed by atoms with van der Waals surface area (Å²) in [6, 6.07) is 4.91. The number of aromatic nitrogens is 1. The number of nitrogens with one attached hydrogen (secondary N) is 2. The highest BCUT2D eigenvalue weighted by molar-refractivity contribution is 7.13. The van der Waals surface area contributed by atoms with Gasteiger partial charge in [0.2, 0.25) is 11.8 Å². The number of rotatable bonds is 6. The molecular formula is C15H16Cl2N4O2S. The van der Waals surface area contributed by atoms with E-state index in [2.05, 4.69) is 15.6 Å². The summed E-state index contributed by atoms with van der Waals surface area (Å²) in [5, 5.41) is 8.60. The molecule has 6 nitrogen and oxygen atoms in total. The van der Waals surface area contributed by atoms with Crippen LogP contribution in [0.15, 0.2) is 23.6 Å². The van der Waals surface area contributed by atoms with Gasteiger partial charge in [-0.25, -0.2) is 4.98 Å². The van der Waals surface area contributed by atoms with Gasteiger partial charge in [-0.2, -0.15) is 0 Å². The fraction of sp³-hybridized carbons (Fsp3) is 0.267. The summed E-state index contributed by atoms with van der Waals surface area (Å²) in [5.74, 6) is -0.335. The fourth-order valence-corrected chi connectivity index (χ4v) is 2.99.